The van der Waals surface area contributed by atoms with Gasteiger partial charge in [0.15, 0.2) is 11.4 Å². The predicted molar refractivity (Wildman–Crippen MR) is 207 cm³/mol. The number of hydrogen-bond donors (Lipinski definition) is 6. The fraction of sp³-hybridized carbons (Fsp3) is 0.500. The Kier molecular flexibility index (Phi) is 12.5. The first-order valence-electron chi connectivity index (χ1n) is 19.4. The number of carbonyl (C=O) groups is 6. The van der Waals surface area contributed by atoms with E-state index < -0.39 is 47.3 Å². The number of carbonyl (C=O) groups excluding carboxylic acids is 5. The number of fused-ring (bicyclic) bond motifs is 5. The molecule has 0 bridgehead atoms. The minimum atomic E-state index is -1.95. The Bertz CT molecular complexity index is 2240. The molecule has 3 aromatic rings. The molecule has 3 aliphatic rings. The van der Waals surface area contributed by atoms with Crippen LogP contribution in [0.25, 0.3) is 22.3 Å². The second-order valence-electron chi connectivity index (χ2n) is 14.9. The van der Waals surface area contributed by atoms with E-state index in [0.29, 0.717) is 40.1 Å². The number of carboxylic acid groups (broad SMARTS) is 1. The summed E-state index contributed by atoms with van der Waals surface area (Å²) >= 11 is 0. The molecule has 0 fully saturated rings. The number of amides is 4. The number of pyridine rings is 2. The van der Waals surface area contributed by atoms with Crippen LogP contribution in [0.4, 0.5) is 5.69 Å². The summed E-state index contributed by atoms with van der Waals surface area (Å²) in [6.45, 7) is 7.34. The lowest BCUT2D eigenvalue weighted by Gasteiger charge is -2.31. The maximum atomic E-state index is 13.7. The molecular weight excluding hydrogens is 756 g/mol. The van der Waals surface area contributed by atoms with Gasteiger partial charge in [0.1, 0.15) is 18.7 Å². The van der Waals surface area contributed by atoms with Crippen LogP contribution in [0, 0.1) is 5.92 Å². The SMILES string of the molecule is CC[C@@]1(O)C(=O)OCc2c1cc1n(c2=O)Cc2c-1nc1ccc(NC(=O)C(C)NC(=O)C(NC(=O)CCCC(=O)NCCOCCC(=O)O)C(C)C)c3c1c2CCO3. The molecule has 1 aromatic carbocycles. The second-order valence-corrected chi connectivity index (χ2v) is 14.9. The van der Waals surface area contributed by atoms with Gasteiger partial charge in [0.05, 0.1) is 60.9 Å². The van der Waals surface area contributed by atoms with Gasteiger partial charge in [0.2, 0.25) is 23.6 Å². The van der Waals surface area contributed by atoms with Crippen LogP contribution in [0.2, 0.25) is 0 Å². The molecule has 18 heteroatoms. The monoisotopic (exact) mass is 804 g/mol. The lowest BCUT2D eigenvalue weighted by molar-refractivity contribution is -0.172. The van der Waals surface area contributed by atoms with E-state index in [1.54, 1.807) is 43.5 Å². The molecule has 0 radical (unpaired) electrons. The van der Waals surface area contributed by atoms with E-state index in [1.807, 2.05) is 0 Å². The Balaban J connectivity index is 1.09. The van der Waals surface area contributed by atoms with Crippen LogP contribution in [0.5, 0.6) is 5.75 Å². The highest BCUT2D eigenvalue weighted by Crippen LogP contribution is 2.45. The highest BCUT2D eigenvalue weighted by Gasteiger charge is 2.45. The number of cyclic esters (lactones) is 1. The van der Waals surface area contributed by atoms with Crippen LogP contribution < -0.4 is 31.6 Å². The van der Waals surface area contributed by atoms with Gasteiger partial charge in [-0.2, -0.15) is 0 Å². The van der Waals surface area contributed by atoms with Gasteiger partial charge in [0.25, 0.3) is 5.56 Å². The highest BCUT2D eigenvalue weighted by molar-refractivity contribution is 6.04. The van der Waals surface area contributed by atoms with Crippen molar-refractivity contribution in [3.63, 3.8) is 0 Å². The normalized spacial score (nSPS) is 17.2. The first-order valence-corrected chi connectivity index (χ1v) is 19.4. The number of aromatic nitrogens is 2. The quantitative estimate of drug-likeness (QED) is 0.0653. The van der Waals surface area contributed by atoms with Gasteiger partial charge in [-0.1, -0.05) is 20.8 Å². The third-order valence-electron chi connectivity index (χ3n) is 10.6. The lowest BCUT2D eigenvalue weighted by Crippen LogP contribution is -2.53. The molecule has 0 saturated carbocycles. The van der Waals surface area contributed by atoms with Gasteiger partial charge in [-0.05, 0) is 49.4 Å². The fourth-order valence-electron chi connectivity index (χ4n) is 7.42. The molecule has 310 valence electrons. The summed E-state index contributed by atoms with van der Waals surface area (Å²) in [5.41, 5.74) is 1.80. The number of nitrogens with one attached hydrogen (secondary N) is 4. The van der Waals surface area contributed by atoms with Crippen LogP contribution in [-0.4, -0.2) is 93.8 Å². The van der Waals surface area contributed by atoms with E-state index in [9.17, 15) is 38.7 Å². The zero-order valence-corrected chi connectivity index (χ0v) is 32.8. The molecule has 4 amide bonds. The van der Waals surface area contributed by atoms with Gasteiger partial charge < -0.3 is 50.3 Å². The zero-order chi connectivity index (χ0) is 41.9. The Hall–Kier alpha value is -5.88. The Morgan fingerprint density at radius 1 is 0.966 bits per heavy atom. The molecule has 58 heavy (non-hydrogen) atoms. The summed E-state index contributed by atoms with van der Waals surface area (Å²) in [6.07, 6.45) is 0.688. The minimum absolute atomic E-state index is 0.0110. The van der Waals surface area contributed by atoms with Crippen molar-refractivity contribution >= 4 is 52.2 Å². The molecular formula is C40H48N6O12. The average Bonchev–Trinajstić information content (AvgIpc) is 3.56. The average molecular weight is 805 g/mol. The predicted octanol–water partition coefficient (Wildman–Crippen LogP) is 1.38. The second kappa shape index (κ2) is 17.3. The number of nitrogens with zero attached hydrogens (tertiary/aromatic N) is 2. The number of rotatable bonds is 17. The van der Waals surface area contributed by atoms with Crippen molar-refractivity contribution in [3.05, 3.63) is 50.8 Å². The number of carboxylic acids is 1. The van der Waals surface area contributed by atoms with Crippen LogP contribution in [0.15, 0.2) is 23.0 Å². The summed E-state index contributed by atoms with van der Waals surface area (Å²) in [4.78, 5) is 93.3. The standard InChI is InChI=1S/C40H48N6O12/c1-5-40(55)25-17-28-34-23(18-46(28)38(53)24(25)19-58-39(40)54)22-11-15-57-35-27(10-9-26(43-34)32(22)35)44-36(51)21(4)42-37(52)33(20(2)3)45-30(48)8-6-7-29(47)41-13-16-56-14-12-31(49)50/h9-10,17,20-21,33,55H,5-8,11-16,18-19H2,1-4H3,(H,41,47)(H,42,52)(H,44,51)(H,45,48)(H,49,50)/t21?,33?,40-/m0/s1. The van der Waals surface area contributed by atoms with Gasteiger partial charge in [-0.25, -0.2) is 9.78 Å². The summed E-state index contributed by atoms with van der Waals surface area (Å²) in [5, 5.41) is 31.4. The maximum Gasteiger partial charge on any atom is 0.343 e. The molecule has 0 saturated heterocycles. The first-order chi connectivity index (χ1) is 27.6. The van der Waals surface area contributed by atoms with Crippen molar-refractivity contribution in [1.29, 1.82) is 0 Å². The number of benzene rings is 1. The molecule has 5 heterocycles. The van der Waals surface area contributed by atoms with Crippen molar-refractivity contribution in [2.75, 3.05) is 31.7 Å². The largest absolute Gasteiger partial charge is 0.490 e. The van der Waals surface area contributed by atoms with Crippen molar-refractivity contribution in [3.8, 4) is 17.1 Å². The number of anilines is 1. The minimum Gasteiger partial charge on any atom is -0.490 e. The number of hydrogen-bond acceptors (Lipinski definition) is 12. The summed E-state index contributed by atoms with van der Waals surface area (Å²) in [7, 11) is 0. The van der Waals surface area contributed by atoms with Crippen molar-refractivity contribution in [2.45, 2.75) is 97.1 Å². The van der Waals surface area contributed by atoms with E-state index in [4.69, 9.17) is 24.3 Å². The maximum absolute atomic E-state index is 13.7. The molecule has 0 spiro atoms. The number of ether oxygens (including phenoxy) is 3. The molecule has 6 N–H and O–H groups in total. The zero-order valence-electron chi connectivity index (χ0n) is 32.8. The van der Waals surface area contributed by atoms with Crippen LogP contribution in [0.1, 0.15) is 82.1 Å². The number of aliphatic carboxylic acids is 1. The van der Waals surface area contributed by atoms with Crippen molar-refractivity contribution < 1.29 is 53.2 Å². The Labute approximate surface area is 333 Å². The van der Waals surface area contributed by atoms with Crippen LogP contribution in [-0.2, 0) is 63.4 Å². The van der Waals surface area contributed by atoms with Crippen LogP contribution >= 0.6 is 0 Å². The number of esters is 1. The van der Waals surface area contributed by atoms with E-state index in [2.05, 4.69) is 21.3 Å². The molecule has 18 nitrogen and oxygen atoms in total. The van der Waals surface area contributed by atoms with Gasteiger partial charge >= 0.3 is 11.9 Å². The molecule has 2 aromatic heterocycles. The fourth-order valence-corrected chi connectivity index (χ4v) is 7.42. The third-order valence-corrected chi connectivity index (χ3v) is 10.6. The Morgan fingerprint density at radius 3 is 2.45 bits per heavy atom. The van der Waals surface area contributed by atoms with E-state index in [0.717, 1.165) is 11.1 Å². The van der Waals surface area contributed by atoms with Crippen molar-refractivity contribution in [1.82, 2.24) is 25.5 Å². The van der Waals surface area contributed by atoms with Gasteiger partial charge in [-0.3, -0.25) is 28.8 Å². The third kappa shape index (κ3) is 8.38. The number of aliphatic hydroxyl groups is 1. The molecule has 3 atom stereocenters. The van der Waals surface area contributed by atoms with Gasteiger partial charge in [-0.15, -0.1) is 0 Å². The van der Waals surface area contributed by atoms with E-state index in [1.165, 1.54) is 6.92 Å². The molecule has 2 unspecified atom stereocenters. The molecule has 6 rings (SSSR count). The first kappa shape index (κ1) is 41.7. The van der Waals surface area contributed by atoms with Crippen molar-refractivity contribution in [2.24, 2.45) is 5.92 Å². The Morgan fingerprint density at radius 2 is 1.72 bits per heavy atom. The van der Waals surface area contributed by atoms with E-state index in [-0.39, 0.29) is 100 Å². The summed E-state index contributed by atoms with van der Waals surface area (Å²) in [6, 6.07) is 3.06. The molecule has 3 aliphatic heterocycles. The highest BCUT2D eigenvalue weighted by atomic mass is 16.6. The van der Waals surface area contributed by atoms with Crippen LogP contribution in [0.3, 0.4) is 0 Å². The van der Waals surface area contributed by atoms with E-state index >= 15 is 0 Å². The molecule has 0 aliphatic carbocycles. The smallest absolute Gasteiger partial charge is 0.343 e. The summed E-state index contributed by atoms with van der Waals surface area (Å²) in [5.74, 6) is -3.52. The lowest BCUT2D eigenvalue weighted by atomic mass is 9.86. The van der Waals surface area contributed by atoms with Gasteiger partial charge in [0, 0.05) is 42.3 Å². The summed E-state index contributed by atoms with van der Waals surface area (Å²) < 4.78 is 18.0. The topological polar surface area (TPSA) is 254 Å².